The number of hydrogen-bond donors (Lipinski definition) is 1. The molecule has 7 nitrogen and oxygen atoms in total. The number of nitrogens with zero attached hydrogens (tertiary/aromatic N) is 3. The molecule has 0 bridgehead atoms. The molecule has 0 radical (unpaired) electrons. The number of thioether (sulfide) groups is 1. The van der Waals surface area contributed by atoms with Gasteiger partial charge in [0.15, 0.2) is 5.17 Å². The minimum Gasteiger partial charge on any atom is -0.478 e. The van der Waals surface area contributed by atoms with Gasteiger partial charge in [-0.2, -0.15) is 0 Å². The Hall–Kier alpha value is -2.87. The fraction of sp³-hybridized carbons (Fsp3) is 0.364. The number of rotatable bonds is 7. The Morgan fingerprint density at radius 1 is 1.33 bits per heavy atom. The van der Waals surface area contributed by atoms with Crippen molar-refractivity contribution in [1.29, 1.82) is 0 Å². The van der Waals surface area contributed by atoms with E-state index in [2.05, 4.69) is 10.3 Å². The standard InChI is InChI=1S/C22H26N4O3S/c1-5-29-20-16(7-6-10-24-20)13-26-21(28)18(12-19(27)23-4)30-22(26)25-17-11-14(2)8-9-15(17)3/h6-11,18H,5,12-13H2,1-4H3,(H,23,27). The van der Waals surface area contributed by atoms with Crippen LogP contribution < -0.4 is 10.1 Å². The Labute approximate surface area is 180 Å². The molecule has 1 aliphatic heterocycles. The van der Waals surface area contributed by atoms with Gasteiger partial charge in [0, 0.05) is 25.2 Å². The lowest BCUT2D eigenvalue weighted by molar-refractivity contribution is -0.129. The number of hydrogen-bond acceptors (Lipinski definition) is 6. The second-order valence-corrected chi connectivity index (χ2v) is 8.16. The average molecular weight is 427 g/mol. The van der Waals surface area contributed by atoms with Gasteiger partial charge in [-0.25, -0.2) is 9.98 Å². The van der Waals surface area contributed by atoms with Crippen molar-refractivity contribution in [1.82, 2.24) is 15.2 Å². The summed E-state index contributed by atoms with van der Waals surface area (Å²) in [6.45, 7) is 6.65. The second-order valence-electron chi connectivity index (χ2n) is 6.99. The first kappa shape index (κ1) is 21.8. The molecule has 30 heavy (non-hydrogen) atoms. The maximum absolute atomic E-state index is 13.2. The van der Waals surface area contributed by atoms with E-state index in [1.807, 2.05) is 51.1 Å². The van der Waals surface area contributed by atoms with Crippen LogP contribution >= 0.6 is 11.8 Å². The van der Waals surface area contributed by atoms with Crippen LogP contribution in [-0.2, 0) is 16.1 Å². The fourth-order valence-electron chi connectivity index (χ4n) is 3.07. The molecule has 3 rings (SSSR count). The van der Waals surface area contributed by atoms with Crippen LogP contribution in [0, 0.1) is 13.8 Å². The number of amidine groups is 1. The van der Waals surface area contributed by atoms with Gasteiger partial charge in [0.1, 0.15) is 5.25 Å². The number of aryl methyl sites for hydroxylation is 2. The summed E-state index contributed by atoms with van der Waals surface area (Å²) in [7, 11) is 1.57. The van der Waals surface area contributed by atoms with Gasteiger partial charge in [0.25, 0.3) is 0 Å². The quantitative estimate of drug-likeness (QED) is 0.734. The van der Waals surface area contributed by atoms with Crippen LogP contribution in [0.5, 0.6) is 5.88 Å². The van der Waals surface area contributed by atoms with Crippen molar-refractivity contribution in [3.05, 3.63) is 53.2 Å². The van der Waals surface area contributed by atoms with Crippen molar-refractivity contribution in [2.45, 2.75) is 39.0 Å². The zero-order valence-corrected chi connectivity index (χ0v) is 18.5. The normalized spacial score (nSPS) is 17.5. The Morgan fingerprint density at radius 2 is 2.13 bits per heavy atom. The van der Waals surface area contributed by atoms with Crippen LogP contribution in [-0.4, -0.2) is 45.8 Å². The van der Waals surface area contributed by atoms with E-state index in [-0.39, 0.29) is 24.8 Å². The van der Waals surface area contributed by atoms with Gasteiger partial charge in [-0.3, -0.25) is 14.5 Å². The van der Waals surface area contributed by atoms with Crippen molar-refractivity contribution >= 4 is 34.4 Å². The van der Waals surface area contributed by atoms with E-state index in [1.54, 1.807) is 18.1 Å². The third-order valence-corrected chi connectivity index (χ3v) is 5.89. The first-order valence-electron chi connectivity index (χ1n) is 9.84. The first-order chi connectivity index (χ1) is 14.4. The van der Waals surface area contributed by atoms with E-state index in [0.717, 1.165) is 22.4 Å². The molecule has 1 unspecified atom stereocenters. The predicted molar refractivity (Wildman–Crippen MR) is 119 cm³/mol. The van der Waals surface area contributed by atoms with E-state index in [9.17, 15) is 9.59 Å². The van der Waals surface area contributed by atoms with Crippen molar-refractivity contribution in [2.24, 2.45) is 4.99 Å². The van der Waals surface area contributed by atoms with Crippen LogP contribution in [0.1, 0.15) is 30.0 Å². The van der Waals surface area contributed by atoms with Gasteiger partial charge in [-0.15, -0.1) is 0 Å². The lowest BCUT2D eigenvalue weighted by atomic mass is 10.1. The van der Waals surface area contributed by atoms with Gasteiger partial charge in [-0.05, 0) is 44.0 Å². The number of amides is 2. The van der Waals surface area contributed by atoms with Crippen molar-refractivity contribution in [3.63, 3.8) is 0 Å². The predicted octanol–water partition coefficient (Wildman–Crippen LogP) is 3.36. The number of aliphatic imine (C=N–C) groups is 1. The highest BCUT2D eigenvalue weighted by atomic mass is 32.2. The maximum atomic E-state index is 13.2. The molecule has 1 atom stereocenters. The van der Waals surface area contributed by atoms with E-state index >= 15 is 0 Å². The molecule has 2 amide bonds. The molecule has 1 aliphatic rings. The molecule has 1 N–H and O–H groups in total. The minimum absolute atomic E-state index is 0.105. The van der Waals surface area contributed by atoms with Gasteiger partial charge in [-0.1, -0.05) is 30.0 Å². The van der Waals surface area contributed by atoms with E-state index in [4.69, 9.17) is 9.73 Å². The van der Waals surface area contributed by atoms with Crippen molar-refractivity contribution in [3.8, 4) is 5.88 Å². The lowest BCUT2D eigenvalue weighted by Gasteiger charge is -2.18. The summed E-state index contributed by atoms with van der Waals surface area (Å²) < 4.78 is 5.62. The zero-order chi connectivity index (χ0) is 21.7. The molecule has 2 aromatic rings. The van der Waals surface area contributed by atoms with E-state index < -0.39 is 5.25 Å². The molecule has 0 spiro atoms. The first-order valence-corrected chi connectivity index (χ1v) is 10.7. The summed E-state index contributed by atoms with van der Waals surface area (Å²) in [6.07, 6.45) is 1.77. The van der Waals surface area contributed by atoms with Crippen LogP contribution in [0.15, 0.2) is 41.5 Å². The molecule has 158 valence electrons. The molecule has 2 heterocycles. The highest BCUT2D eigenvalue weighted by molar-refractivity contribution is 8.15. The summed E-state index contributed by atoms with van der Waals surface area (Å²) in [5, 5.41) is 2.66. The highest BCUT2D eigenvalue weighted by Crippen LogP contribution is 2.34. The summed E-state index contributed by atoms with van der Waals surface area (Å²) >= 11 is 1.32. The highest BCUT2D eigenvalue weighted by Gasteiger charge is 2.39. The topological polar surface area (TPSA) is 83.9 Å². The number of carbonyl (C=O) groups excluding carboxylic acids is 2. The second kappa shape index (κ2) is 9.75. The monoisotopic (exact) mass is 426 g/mol. The third kappa shape index (κ3) is 4.99. The number of ether oxygens (including phenoxy) is 1. The molecule has 1 aromatic heterocycles. The third-order valence-electron chi connectivity index (χ3n) is 4.71. The minimum atomic E-state index is -0.513. The molecule has 1 fully saturated rings. The fourth-order valence-corrected chi connectivity index (χ4v) is 4.22. The van der Waals surface area contributed by atoms with Crippen molar-refractivity contribution < 1.29 is 14.3 Å². The van der Waals surface area contributed by atoms with Gasteiger partial charge >= 0.3 is 0 Å². The summed E-state index contributed by atoms with van der Waals surface area (Å²) in [5.41, 5.74) is 3.72. The molecule has 1 aromatic carbocycles. The number of carbonyl (C=O) groups is 2. The molecule has 0 saturated carbocycles. The van der Waals surface area contributed by atoms with Crippen LogP contribution in [0.3, 0.4) is 0 Å². The van der Waals surface area contributed by atoms with Crippen LogP contribution in [0.25, 0.3) is 0 Å². The van der Waals surface area contributed by atoms with E-state index in [0.29, 0.717) is 17.7 Å². The summed E-state index contributed by atoms with van der Waals surface area (Å²) in [6, 6.07) is 9.74. The zero-order valence-electron chi connectivity index (χ0n) is 17.6. The molecule has 0 aliphatic carbocycles. The Bertz CT molecular complexity index is 977. The number of pyridine rings is 1. The SMILES string of the molecule is CCOc1ncccc1CN1C(=O)C(CC(=O)NC)SC1=Nc1cc(C)ccc1C. The lowest BCUT2D eigenvalue weighted by Crippen LogP contribution is -2.34. The van der Waals surface area contributed by atoms with E-state index in [1.165, 1.54) is 11.8 Å². The van der Waals surface area contributed by atoms with Gasteiger partial charge in [0.05, 0.1) is 18.8 Å². The Kier molecular flexibility index (Phi) is 7.10. The Morgan fingerprint density at radius 3 is 2.87 bits per heavy atom. The van der Waals surface area contributed by atoms with Gasteiger partial charge in [0.2, 0.25) is 17.7 Å². The molecule has 8 heteroatoms. The number of aromatic nitrogens is 1. The maximum Gasteiger partial charge on any atom is 0.242 e. The number of nitrogens with one attached hydrogen (secondary N) is 1. The average Bonchev–Trinajstić information content (AvgIpc) is 3.01. The van der Waals surface area contributed by atoms with Crippen LogP contribution in [0.2, 0.25) is 0 Å². The number of benzene rings is 1. The smallest absolute Gasteiger partial charge is 0.242 e. The Balaban J connectivity index is 1.97. The molecular formula is C22H26N4O3S. The summed E-state index contributed by atoms with van der Waals surface area (Å²) in [4.78, 5) is 35.8. The van der Waals surface area contributed by atoms with Gasteiger partial charge < -0.3 is 10.1 Å². The van der Waals surface area contributed by atoms with Crippen LogP contribution in [0.4, 0.5) is 5.69 Å². The van der Waals surface area contributed by atoms with Crippen molar-refractivity contribution in [2.75, 3.05) is 13.7 Å². The largest absolute Gasteiger partial charge is 0.478 e. The molecular weight excluding hydrogens is 400 g/mol. The molecule has 1 saturated heterocycles. The summed E-state index contributed by atoms with van der Waals surface area (Å²) in [5.74, 6) is 0.183.